The summed E-state index contributed by atoms with van der Waals surface area (Å²) in [5.74, 6) is -0.765. The number of ketones is 1. The normalized spacial score (nSPS) is 18.1. The van der Waals surface area contributed by atoms with Crippen molar-refractivity contribution < 1.29 is 23.5 Å². The summed E-state index contributed by atoms with van der Waals surface area (Å²) >= 11 is 0. The second-order valence-electron chi connectivity index (χ2n) is 7.83. The molecule has 6 rings (SSSR count). The third-order valence-electron chi connectivity index (χ3n) is 5.84. The molecule has 2 aliphatic rings. The molecule has 2 aromatic carbocycles. The van der Waals surface area contributed by atoms with E-state index in [4.69, 9.17) is 13.9 Å². The molecular weight excluding hydrogens is 422 g/mol. The van der Waals surface area contributed by atoms with Crippen LogP contribution in [0.2, 0.25) is 0 Å². The highest BCUT2D eigenvalue weighted by Crippen LogP contribution is 2.48. The lowest BCUT2D eigenvalue weighted by Crippen LogP contribution is -2.25. The third-order valence-corrected chi connectivity index (χ3v) is 5.84. The Balaban J connectivity index is 1.52. The molecule has 4 aromatic rings. The standard InChI is InChI=1S/C26H15NO6/c28-22-11-17(18-13-31-19-6-2-1-5-15(19)24(18)29)23-20(32-22)8-7-16-25(30)21(33-26(16)23)10-14-4-3-9-27-12-14/h1-10,12-13,17H,11H2. The van der Waals surface area contributed by atoms with Crippen molar-refractivity contribution in [3.05, 3.63) is 105 Å². The first kappa shape index (κ1) is 19.2. The van der Waals surface area contributed by atoms with Crippen LogP contribution in [-0.2, 0) is 4.79 Å². The molecule has 2 aliphatic heterocycles. The first-order valence-corrected chi connectivity index (χ1v) is 10.3. The average molecular weight is 437 g/mol. The van der Waals surface area contributed by atoms with Crippen LogP contribution in [0.5, 0.6) is 11.5 Å². The van der Waals surface area contributed by atoms with Crippen LogP contribution in [0.25, 0.3) is 17.0 Å². The van der Waals surface area contributed by atoms with Gasteiger partial charge in [-0.1, -0.05) is 18.2 Å². The summed E-state index contributed by atoms with van der Waals surface area (Å²) in [6.07, 6.45) is 6.16. The van der Waals surface area contributed by atoms with Crippen LogP contribution in [-0.4, -0.2) is 16.7 Å². The van der Waals surface area contributed by atoms with Gasteiger partial charge < -0.3 is 13.9 Å². The summed E-state index contributed by atoms with van der Waals surface area (Å²) in [5.41, 5.74) is 2.06. The van der Waals surface area contributed by atoms with Gasteiger partial charge in [0.25, 0.3) is 0 Å². The quantitative estimate of drug-likeness (QED) is 0.263. The molecule has 0 saturated carbocycles. The molecule has 0 amide bonds. The van der Waals surface area contributed by atoms with E-state index in [1.54, 1.807) is 67.0 Å². The Labute approximate surface area is 186 Å². The zero-order valence-corrected chi connectivity index (χ0v) is 17.1. The number of rotatable bonds is 2. The second kappa shape index (κ2) is 7.27. The van der Waals surface area contributed by atoms with Gasteiger partial charge in [-0.3, -0.25) is 19.4 Å². The molecule has 0 N–H and O–H groups in total. The van der Waals surface area contributed by atoms with Crippen molar-refractivity contribution in [3.8, 4) is 11.5 Å². The van der Waals surface area contributed by atoms with E-state index in [-0.39, 0.29) is 34.9 Å². The van der Waals surface area contributed by atoms with Crippen molar-refractivity contribution in [3.63, 3.8) is 0 Å². The number of hydrogen-bond donors (Lipinski definition) is 0. The van der Waals surface area contributed by atoms with Crippen molar-refractivity contribution in [2.45, 2.75) is 12.3 Å². The smallest absolute Gasteiger partial charge is 0.312 e. The molecule has 7 heteroatoms. The van der Waals surface area contributed by atoms with Gasteiger partial charge in [0.05, 0.1) is 23.6 Å². The van der Waals surface area contributed by atoms with Crippen LogP contribution in [0, 0.1) is 0 Å². The highest BCUT2D eigenvalue weighted by atomic mass is 16.5. The maximum absolute atomic E-state index is 13.3. The van der Waals surface area contributed by atoms with Gasteiger partial charge >= 0.3 is 5.97 Å². The van der Waals surface area contributed by atoms with Crippen LogP contribution in [0.4, 0.5) is 0 Å². The molecule has 1 atom stereocenters. The molecule has 0 radical (unpaired) electrons. The van der Waals surface area contributed by atoms with Crippen molar-refractivity contribution in [2.24, 2.45) is 0 Å². The SMILES string of the molecule is O=C1CC(c2coc3ccccc3c2=O)c2c(ccc3c2OC(=Cc2cccnc2)C3=O)O1. The van der Waals surface area contributed by atoms with Crippen LogP contribution < -0.4 is 14.9 Å². The molecule has 7 nitrogen and oxygen atoms in total. The van der Waals surface area contributed by atoms with Crippen molar-refractivity contribution >= 4 is 28.8 Å². The van der Waals surface area contributed by atoms with Crippen molar-refractivity contribution in [1.29, 1.82) is 0 Å². The molecule has 0 bridgehead atoms. The summed E-state index contributed by atoms with van der Waals surface area (Å²) < 4.78 is 17.1. The van der Waals surface area contributed by atoms with Gasteiger partial charge in [0.1, 0.15) is 17.1 Å². The molecule has 160 valence electrons. The number of carbonyl (C=O) groups is 2. The number of benzene rings is 2. The zero-order valence-electron chi connectivity index (χ0n) is 17.1. The van der Waals surface area contributed by atoms with E-state index in [1.807, 2.05) is 0 Å². The van der Waals surface area contributed by atoms with E-state index in [0.29, 0.717) is 33.2 Å². The number of carbonyl (C=O) groups excluding carboxylic acids is 2. The Morgan fingerprint density at radius 2 is 1.85 bits per heavy atom. The molecule has 33 heavy (non-hydrogen) atoms. The number of pyridine rings is 1. The van der Waals surface area contributed by atoms with Gasteiger partial charge in [0, 0.05) is 29.4 Å². The Bertz CT molecular complexity index is 1550. The van der Waals surface area contributed by atoms with E-state index >= 15 is 0 Å². The van der Waals surface area contributed by atoms with Gasteiger partial charge in [-0.25, -0.2) is 0 Å². The topological polar surface area (TPSA) is 95.7 Å². The number of Topliss-reactive ketones (excluding diaryl/α,β-unsaturated/α-hetero) is 1. The van der Waals surface area contributed by atoms with Crippen molar-refractivity contribution in [1.82, 2.24) is 4.98 Å². The molecule has 0 aliphatic carbocycles. The first-order valence-electron chi connectivity index (χ1n) is 10.3. The summed E-state index contributed by atoms with van der Waals surface area (Å²) in [7, 11) is 0. The third kappa shape index (κ3) is 3.05. The number of fused-ring (bicyclic) bond motifs is 4. The van der Waals surface area contributed by atoms with E-state index in [9.17, 15) is 14.4 Å². The molecule has 4 heterocycles. The summed E-state index contributed by atoms with van der Waals surface area (Å²) in [6, 6.07) is 13.6. The van der Waals surface area contributed by atoms with Gasteiger partial charge in [-0.2, -0.15) is 0 Å². The summed E-state index contributed by atoms with van der Waals surface area (Å²) in [4.78, 5) is 42.7. The van der Waals surface area contributed by atoms with Crippen LogP contribution >= 0.6 is 0 Å². The lowest BCUT2D eigenvalue weighted by atomic mass is 9.85. The number of para-hydroxylation sites is 1. The van der Waals surface area contributed by atoms with Gasteiger partial charge in [0.15, 0.2) is 11.2 Å². The van der Waals surface area contributed by atoms with E-state index in [0.717, 1.165) is 0 Å². The molecule has 0 fully saturated rings. The Hall–Kier alpha value is -4.52. The lowest BCUT2D eigenvalue weighted by Gasteiger charge is -2.25. The predicted molar refractivity (Wildman–Crippen MR) is 118 cm³/mol. The monoisotopic (exact) mass is 437 g/mol. The molecule has 0 spiro atoms. The van der Waals surface area contributed by atoms with Crippen LogP contribution in [0.15, 0.2) is 82.2 Å². The lowest BCUT2D eigenvalue weighted by molar-refractivity contribution is -0.135. The van der Waals surface area contributed by atoms with E-state index < -0.39 is 11.9 Å². The van der Waals surface area contributed by atoms with E-state index in [2.05, 4.69) is 4.98 Å². The van der Waals surface area contributed by atoms with Gasteiger partial charge in [-0.15, -0.1) is 0 Å². The maximum atomic E-state index is 13.3. The minimum atomic E-state index is -0.678. The van der Waals surface area contributed by atoms with E-state index in [1.165, 1.54) is 6.26 Å². The summed E-state index contributed by atoms with van der Waals surface area (Å²) in [6.45, 7) is 0. The zero-order chi connectivity index (χ0) is 22.5. The molecule has 0 saturated heterocycles. The fraction of sp³-hybridized carbons (Fsp3) is 0.0769. The van der Waals surface area contributed by atoms with Gasteiger partial charge in [-0.05, 0) is 42.0 Å². The average Bonchev–Trinajstić information content (AvgIpc) is 3.14. The number of esters is 1. The minimum Gasteiger partial charge on any atom is -0.464 e. The maximum Gasteiger partial charge on any atom is 0.312 e. The van der Waals surface area contributed by atoms with Crippen LogP contribution in [0.3, 0.4) is 0 Å². The Morgan fingerprint density at radius 3 is 2.70 bits per heavy atom. The molecule has 2 aromatic heterocycles. The number of nitrogens with zero attached hydrogens (tertiary/aromatic N) is 1. The van der Waals surface area contributed by atoms with Crippen LogP contribution in [0.1, 0.15) is 39.4 Å². The fourth-order valence-corrected chi connectivity index (χ4v) is 4.32. The minimum absolute atomic E-state index is 0.0776. The molecular formula is C26H15NO6. The number of hydrogen-bond acceptors (Lipinski definition) is 7. The highest BCUT2D eigenvalue weighted by Gasteiger charge is 2.39. The number of aromatic nitrogens is 1. The number of allylic oxidation sites excluding steroid dienone is 1. The first-order chi connectivity index (χ1) is 16.1. The number of ether oxygens (including phenoxy) is 2. The Morgan fingerprint density at radius 1 is 0.970 bits per heavy atom. The Kier molecular flexibility index (Phi) is 4.23. The van der Waals surface area contributed by atoms with Gasteiger partial charge in [0.2, 0.25) is 5.78 Å². The second-order valence-corrected chi connectivity index (χ2v) is 7.83. The van der Waals surface area contributed by atoms with Crippen molar-refractivity contribution in [2.75, 3.05) is 0 Å². The largest absolute Gasteiger partial charge is 0.464 e. The summed E-state index contributed by atoms with van der Waals surface area (Å²) in [5, 5.41) is 0.414. The fourth-order valence-electron chi connectivity index (χ4n) is 4.32. The predicted octanol–water partition coefficient (Wildman–Crippen LogP) is 4.25. The molecule has 1 unspecified atom stereocenters. The highest BCUT2D eigenvalue weighted by molar-refractivity contribution is 6.15.